The first-order valence-electron chi connectivity index (χ1n) is 10.8. The standard InChI is InChI=1S/C24H31N3OS/c1-3-12-27-13-10-18(11-14-27)25-23(28)9-7-19-20-16-17(2)6-8-21(20)26-24(19)22-5-4-15-29-22/h4-6,8,15-16,18,26H,3,7,9-14H2,1-2H3,(H,25,28). The fourth-order valence-electron chi connectivity index (χ4n) is 4.41. The molecule has 2 aromatic heterocycles. The minimum absolute atomic E-state index is 0.179. The van der Waals surface area contributed by atoms with Gasteiger partial charge in [-0.05, 0) is 68.3 Å². The third-order valence-electron chi connectivity index (χ3n) is 5.92. The Hall–Kier alpha value is -2.11. The number of nitrogens with one attached hydrogen (secondary N) is 2. The number of thiophene rings is 1. The van der Waals surface area contributed by atoms with Crippen molar-refractivity contribution in [3.05, 3.63) is 46.8 Å². The van der Waals surface area contributed by atoms with Gasteiger partial charge in [-0.2, -0.15) is 0 Å². The topological polar surface area (TPSA) is 48.1 Å². The number of aromatic nitrogens is 1. The van der Waals surface area contributed by atoms with E-state index in [-0.39, 0.29) is 5.91 Å². The average molecular weight is 410 g/mol. The Morgan fingerprint density at radius 2 is 2.10 bits per heavy atom. The maximum atomic E-state index is 12.7. The summed E-state index contributed by atoms with van der Waals surface area (Å²) in [4.78, 5) is 20.0. The molecule has 0 unspecified atom stereocenters. The highest BCUT2D eigenvalue weighted by Crippen LogP contribution is 2.34. The minimum Gasteiger partial charge on any atom is -0.354 e. The van der Waals surface area contributed by atoms with E-state index in [9.17, 15) is 4.79 Å². The predicted molar refractivity (Wildman–Crippen MR) is 123 cm³/mol. The summed E-state index contributed by atoms with van der Waals surface area (Å²) < 4.78 is 0. The van der Waals surface area contributed by atoms with Crippen LogP contribution in [0.2, 0.25) is 0 Å². The fraction of sp³-hybridized carbons (Fsp3) is 0.458. The number of hydrogen-bond donors (Lipinski definition) is 2. The van der Waals surface area contributed by atoms with Crippen molar-refractivity contribution in [2.75, 3.05) is 19.6 Å². The molecule has 3 heterocycles. The number of aromatic amines is 1. The zero-order chi connectivity index (χ0) is 20.2. The number of hydrogen-bond acceptors (Lipinski definition) is 3. The van der Waals surface area contributed by atoms with E-state index < -0.39 is 0 Å². The van der Waals surface area contributed by atoms with Crippen LogP contribution in [0.4, 0.5) is 0 Å². The number of H-pyrrole nitrogens is 1. The number of nitrogens with zero attached hydrogens (tertiary/aromatic N) is 1. The molecule has 0 bridgehead atoms. The van der Waals surface area contributed by atoms with Crippen LogP contribution in [0.3, 0.4) is 0 Å². The van der Waals surface area contributed by atoms with Crippen molar-refractivity contribution in [3.63, 3.8) is 0 Å². The average Bonchev–Trinajstić information content (AvgIpc) is 3.36. The van der Waals surface area contributed by atoms with Gasteiger partial charge in [0, 0.05) is 36.5 Å². The number of rotatable bonds is 7. The molecule has 0 atom stereocenters. The lowest BCUT2D eigenvalue weighted by Crippen LogP contribution is -2.44. The summed E-state index contributed by atoms with van der Waals surface area (Å²) in [6, 6.07) is 11.1. The Kier molecular flexibility index (Phi) is 6.36. The van der Waals surface area contributed by atoms with Crippen molar-refractivity contribution < 1.29 is 4.79 Å². The van der Waals surface area contributed by atoms with Crippen molar-refractivity contribution in [3.8, 4) is 10.6 Å². The Bertz CT molecular complexity index is 952. The van der Waals surface area contributed by atoms with E-state index in [0.717, 1.165) is 37.9 Å². The van der Waals surface area contributed by atoms with Gasteiger partial charge in [0.1, 0.15) is 0 Å². The summed E-state index contributed by atoms with van der Waals surface area (Å²) in [5.41, 5.74) is 4.83. The first kappa shape index (κ1) is 20.2. The van der Waals surface area contributed by atoms with E-state index in [1.165, 1.54) is 40.0 Å². The van der Waals surface area contributed by atoms with E-state index in [1.54, 1.807) is 11.3 Å². The van der Waals surface area contributed by atoms with Crippen LogP contribution >= 0.6 is 11.3 Å². The highest BCUT2D eigenvalue weighted by molar-refractivity contribution is 7.13. The zero-order valence-electron chi connectivity index (χ0n) is 17.5. The van der Waals surface area contributed by atoms with E-state index in [0.29, 0.717) is 12.5 Å². The molecular weight excluding hydrogens is 378 g/mol. The number of amides is 1. The second-order valence-electron chi connectivity index (χ2n) is 8.19. The lowest BCUT2D eigenvalue weighted by molar-refractivity contribution is -0.122. The minimum atomic E-state index is 0.179. The molecule has 0 spiro atoms. The highest BCUT2D eigenvalue weighted by atomic mass is 32.1. The van der Waals surface area contributed by atoms with Crippen LogP contribution in [0, 0.1) is 6.92 Å². The largest absolute Gasteiger partial charge is 0.354 e. The van der Waals surface area contributed by atoms with Crippen molar-refractivity contribution in [2.45, 2.75) is 52.0 Å². The van der Waals surface area contributed by atoms with Gasteiger partial charge in [0.05, 0.1) is 10.6 Å². The first-order chi connectivity index (χ1) is 14.1. The van der Waals surface area contributed by atoms with Gasteiger partial charge in [0.2, 0.25) is 5.91 Å². The number of aryl methyl sites for hydroxylation is 2. The quantitative estimate of drug-likeness (QED) is 0.568. The molecule has 3 aromatic rings. The Labute approximate surface area is 177 Å². The first-order valence-corrected chi connectivity index (χ1v) is 11.7. The van der Waals surface area contributed by atoms with Crippen molar-refractivity contribution in [2.24, 2.45) is 0 Å². The molecular formula is C24H31N3OS. The summed E-state index contributed by atoms with van der Waals surface area (Å²) in [5.74, 6) is 0.179. The Morgan fingerprint density at radius 1 is 1.28 bits per heavy atom. The van der Waals surface area contributed by atoms with Gasteiger partial charge in [-0.25, -0.2) is 0 Å². The van der Waals surface area contributed by atoms with Crippen LogP contribution in [0.5, 0.6) is 0 Å². The predicted octanol–water partition coefficient (Wildman–Crippen LogP) is 5.13. The maximum absolute atomic E-state index is 12.7. The van der Waals surface area contributed by atoms with E-state index in [1.807, 2.05) is 0 Å². The third-order valence-corrected chi connectivity index (χ3v) is 6.81. The maximum Gasteiger partial charge on any atom is 0.220 e. The van der Waals surface area contributed by atoms with Crippen LogP contribution in [0.15, 0.2) is 35.7 Å². The van der Waals surface area contributed by atoms with Crippen molar-refractivity contribution >= 4 is 28.1 Å². The van der Waals surface area contributed by atoms with E-state index in [4.69, 9.17) is 0 Å². The molecule has 1 aliphatic heterocycles. The number of fused-ring (bicyclic) bond motifs is 1. The van der Waals surface area contributed by atoms with Crippen LogP contribution in [-0.2, 0) is 11.2 Å². The molecule has 5 heteroatoms. The summed E-state index contributed by atoms with van der Waals surface area (Å²) in [6.45, 7) is 7.72. The number of carbonyl (C=O) groups is 1. The van der Waals surface area contributed by atoms with Crippen LogP contribution in [0.25, 0.3) is 21.5 Å². The lowest BCUT2D eigenvalue weighted by Gasteiger charge is -2.32. The van der Waals surface area contributed by atoms with E-state index >= 15 is 0 Å². The molecule has 0 aliphatic carbocycles. The monoisotopic (exact) mass is 409 g/mol. The molecule has 4 nitrogen and oxygen atoms in total. The summed E-state index contributed by atoms with van der Waals surface area (Å²) in [6.07, 6.45) is 4.64. The normalized spacial score (nSPS) is 15.8. The Morgan fingerprint density at radius 3 is 2.83 bits per heavy atom. The number of piperidine rings is 1. The molecule has 0 radical (unpaired) electrons. The lowest BCUT2D eigenvalue weighted by atomic mass is 10.0. The van der Waals surface area contributed by atoms with Crippen LogP contribution < -0.4 is 5.32 Å². The van der Waals surface area contributed by atoms with Gasteiger partial charge >= 0.3 is 0 Å². The van der Waals surface area contributed by atoms with Crippen LogP contribution in [-0.4, -0.2) is 41.5 Å². The van der Waals surface area contributed by atoms with Crippen molar-refractivity contribution in [1.29, 1.82) is 0 Å². The van der Waals surface area contributed by atoms with Gasteiger partial charge in [-0.3, -0.25) is 4.79 Å². The van der Waals surface area contributed by atoms with E-state index in [2.05, 4.69) is 64.8 Å². The smallest absolute Gasteiger partial charge is 0.220 e. The Balaban J connectivity index is 1.43. The molecule has 1 aromatic carbocycles. The molecule has 1 amide bonds. The summed E-state index contributed by atoms with van der Waals surface area (Å²) in [7, 11) is 0. The molecule has 29 heavy (non-hydrogen) atoms. The van der Waals surface area contributed by atoms with Crippen LogP contribution in [0.1, 0.15) is 43.7 Å². The molecule has 4 rings (SSSR count). The fourth-order valence-corrected chi connectivity index (χ4v) is 5.16. The van der Waals surface area contributed by atoms with Gasteiger partial charge in [0.15, 0.2) is 0 Å². The molecule has 1 fully saturated rings. The number of likely N-dealkylation sites (tertiary alicyclic amines) is 1. The molecule has 0 saturated carbocycles. The second-order valence-corrected chi connectivity index (χ2v) is 9.14. The molecule has 2 N–H and O–H groups in total. The van der Waals surface area contributed by atoms with Crippen molar-refractivity contribution in [1.82, 2.24) is 15.2 Å². The number of carbonyl (C=O) groups excluding carboxylic acids is 1. The highest BCUT2D eigenvalue weighted by Gasteiger charge is 2.21. The molecule has 1 saturated heterocycles. The second kappa shape index (κ2) is 9.14. The third kappa shape index (κ3) is 4.73. The van der Waals surface area contributed by atoms with Gasteiger partial charge in [0.25, 0.3) is 0 Å². The number of benzene rings is 1. The van der Waals surface area contributed by atoms with Gasteiger partial charge in [-0.15, -0.1) is 11.3 Å². The van der Waals surface area contributed by atoms with Gasteiger partial charge in [-0.1, -0.05) is 24.6 Å². The SMILES string of the molecule is CCCN1CCC(NC(=O)CCc2c(-c3cccs3)[nH]c3ccc(C)cc23)CC1. The summed E-state index contributed by atoms with van der Waals surface area (Å²) in [5, 5.41) is 6.63. The zero-order valence-corrected chi connectivity index (χ0v) is 18.3. The molecule has 154 valence electrons. The molecule has 1 aliphatic rings. The summed E-state index contributed by atoms with van der Waals surface area (Å²) >= 11 is 1.74. The van der Waals surface area contributed by atoms with Gasteiger partial charge < -0.3 is 15.2 Å².